The van der Waals surface area contributed by atoms with Crippen LogP contribution in [0.4, 0.5) is 0 Å². The number of aliphatic imine (C=N–C) groups is 1. The van der Waals surface area contributed by atoms with Crippen molar-refractivity contribution >= 4 is 17.3 Å². The fraction of sp³-hybridized carbons (Fsp3) is 0.737. The van der Waals surface area contributed by atoms with Gasteiger partial charge in [0.25, 0.3) is 0 Å². The molecule has 0 spiro atoms. The van der Waals surface area contributed by atoms with Crippen molar-refractivity contribution in [3.8, 4) is 0 Å². The summed E-state index contributed by atoms with van der Waals surface area (Å²) in [5.41, 5.74) is 0. The monoisotopic (exact) mass is 382 g/mol. The van der Waals surface area contributed by atoms with Gasteiger partial charge in [0, 0.05) is 44.8 Å². The largest absolute Gasteiger partial charge is 0.382 e. The van der Waals surface area contributed by atoms with Gasteiger partial charge in [0.05, 0.1) is 13.2 Å². The Morgan fingerprint density at radius 1 is 1.35 bits per heavy atom. The van der Waals surface area contributed by atoms with Crippen LogP contribution in [0.2, 0.25) is 0 Å². The second-order valence-corrected chi connectivity index (χ2v) is 7.66. The highest BCUT2D eigenvalue weighted by atomic mass is 32.1. The number of likely N-dealkylation sites (tertiary alicyclic amines) is 1. The van der Waals surface area contributed by atoms with Crippen molar-refractivity contribution < 1.29 is 9.47 Å². The summed E-state index contributed by atoms with van der Waals surface area (Å²) in [6.07, 6.45) is 3.47. The van der Waals surface area contributed by atoms with Crippen LogP contribution in [-0.2, 0) is 9.47 Å². The number of piperidine rings is 1. The molecular formula is C19H34N4O2S. The average molecular weight is 383 g/mol. The summed E-state index contributed by atoms with van der Waals surface area (Å²) < 4.78 is 10.4. The standard InChI is InChI=1S/C19H34N4O2S/c1-20-19(21-9-6-11-25-13-12-24-3)22-15-16-7-4-10-23(2)18(16)17-8-5-14-26-17/h5,8,14,16,18H,4,6-7,9-13,15H2,1-3H3,(H2,20,21,22). The van der Waals surface area contributed by atoms with Gasteiger partial charge in [0.15, 0.2) is 5.96 Å². The number of thiophene rings is 1. The number of nitrogens with zero attached hydrogens (tertiary/aromatic N) is 2. The summed E-state index contributed by atoms with van der Waals surface area (Å²) in [7, 11) is 5.76. The molecule has 2 N–H and O–H groups in total. The predicted octanol–water partition coefficient (Wildman–Crippen LogP) is 2.35. The van der Waals surface area contributed by atoms with Crippen molar-refractivity contribution in [2.24, 2.45) is 10.9 Å². The number of hydrogen-bond acceptors (Lipinski definition) is 5. The Labute approximate surface area is 162 Å². The minimum Gasteiger partial charge on any atom is -0.382 e. The first-order chi connectivity index (χ1) is 12.8. The van der Waals surface area contributed by atoms with Gasteiger partial charge in [-0.2, -0.15) is 0 Å². The first-order valence-corrected chi connectivity index (χ1v) is 10.4. The third-order valence-electron chi connectivity index (χ3n) is 4.79. The van der Waals surface area contributed by atoms with E-state index in [4.69, 9.17) is 9.47 Å². The highest BCUT2D eigenvalue weighted by Crippen LogP contribution is 2.36. The molecule has 6 nitrogen and oxygen atoms in total. The van der Waals surface area contributed by atoms with Gasteiger partial charge in [-0.25, -0.2) is 0 Å². The lowest BCUT2D eigenvalue weighted by atomic mass is 9.88. The fourth-order valence-electron chi connectivity index (χ4n) is 3.46. The van der Waals surface area contributed by atoms with Crippen molar-refractivity contribution in [1.29, 1.82) is 0 Å². The van der Waals surface area contributed by atoms with Crippen LogP contribution in [0.15, 0.2) is 22.5 Å². The number of hydrogen-bond donors (Lipinski definition) is 2. The predicted molar refractivity (Wildman–Crippen MR) is 109 cm³/mol. The van der Waals surface area contributed by atoms with Crippen LogP contribution in [0.5, 0.6) is 0 Å². The highest BCUT2D eigenvalue weighted by Gasteiger charge is 2.31. The first-order valence-electron chi connectivity index (χ1n) is 9.51. The molecule has 0 amide bonds. The SMILES string of the molecule is CN=C(NCCCOCCOC)NCC1CCCN(C)C1c1cccs1. The summed E-state index contributed by atoms with van der Waals surface area (Å²) in [4.78, 5) is 8.31. The lowest BCUT2D eigenvalue weighted by Gasteiger charge is -2.39. The molecule has 2 rings (SSSR count). The quantitative estimate of drug-likeness (QED) is 0.370. The molecule has 0 aromatic carbocycles. The van der Waals surface area contributed by atoms with Gasteiger partial charge in [0.1, 0.15) is 0 Å². The third-order valence-corrected chi connectivity index (χ3v) is 5.73. The third kappa shape index (κ3) is 6.87. The van der Waals surface area contributed by atoms with Crippen molar-refractivity contribution in [2.45, 2.75) is 25.3 Å². The Morgan fingerprint density at radius 2 is 2.23 bits per heavy atom. The second kappa shape index (κ2) is 12.3. The number of methoxy groups -OCH3 is 1. The Balaban J connectivity index is 1.72. The Bertz CT molecular complexity index is 510. The van der Waals surface area contributed by atoms with E-state index >= 15 is 0 Å². The first kappa shape index (κ1) is 21.2. The molecule has 1 saturated heterocycles. The van der Waals surface area contributed by atoms with E-state index < -0.39 is 0 Å². The van der Waals surface area contributed by atoms with Gasteiger partial charge < -0.3 is 20.1 Å². The normalized spacial score (nSPS) is 21.7. The summed E-state index contributed by atoms with van der Waals surface area (Å²) in [5.74, 6) is 1.48. The molecule has 148 valence electrons. The highest BCUT2D eigenvalue weighted by molar-refractivity contribution is 7.10. The van der Waals surface area contributed by atoms with Gasteiger partial charge in [-0.05, 0) is 50.2 Å². The smallest absolute Gasteiger partial charge is 0.190 e. The molecule has 1 fully saturated rings. The number of rotatable bonds is 10. The summed E-state index contributed by atoms with van der Waals surface area (Å²) in [6, 6.07) is 4.92. The molecule has 0 bridgehead atoms. The van der Waals surface area contributed by atoms with Gasteiger partial charge in [-0.15, -0.1) is 11.3 Å². The van der Waals surface area contributed by atoms with Crippen molar-refractivity contribution in [3.63, 3.8) is 0 Å². The van der Waals surface area contributed by atoms with Crippen molar-refractivity contribution in [1.82, 2.24) is 15.5 Å². The topological polar surface area (TPSA) is 58.1 Å². The molecule has 2 heterocycles. The molecule has 2 unspecified atom stereocenters. The zero-order chi connectivity index (χ0) is 18.6. The minimum atomic E-state index is 0.503. The molecule has 1 aliphatic rings. The van der Waals surface area contributed by atoms with Crippen LogP contribution in [-0.4, -0.2) is 71.5 Å². The summed E-state index contributed by atoms with van der Waals surface area (Å²) >= 11 is 1.86. The number of guanidine groups is 1. The van der Waals surface area contributed by atoms with Crippen LogP contribution in [0, 0.1) is 5.92 Å². The molecule has 1 aliphatic heterocycles. The van der Waals surface area contributed by atoms with Crippen LogP contribution < -0.4 is 10.6 Å². The van der Waals surface area contributed by atoms with E-state index in [9.17, 15) is 0 Å². The van der Waals surface area contributed by atoms with Gasteiger partial charge >= 0.3 is 0 Å². The fourth-order valence-corrected chi connectivity index (χ4v) is 4.44. The van der Waals surface area contributed by atoms with E-state index in [0.717, 1.165) is 32.1 Å². The van der Waals surface area contributed by atoms with E-state index in [-0.39, 0.29) is 0 Å². The zero-order valence-corrected chi connectivity index (χ0v) is 17.2. The molecular weight excluding hydrogens is 348 g/mol. The molecule has 0 aliphatic carbocycles. The van der Waals surface area contributed by atoms with E-state index in [2.05, 4.69) is 45.1 Å². The molecule has 0 saturated carbocycles. The molecule has 2 atom stereocenters. The van der Waals surface area contributed by atoms with E-state index in [0.29, 0.717) is 25.2 Å². The van der Waals surface area contributed by atoms with Gasteiger partial charge in [-0.3, -0.25) is 9.89 Å². The van der Waals surface area contributed by atoms with Crippen LogP contribution in [0.1, 0.15) is 30.2 Å². The Kier molecular flexibility index (Phi) is 9.99. The minimum absolute atomic E-state index is 0.503. The van der Waals surface area contributed by atoms with Gasteiger partial charge in [-0.1, -0.05) is 6.07 Å². The van der Waals surface area contributed by atoms with Crippen LogP contribution >= 0.6 is 11.3 Å². The zero-order valence-electron chi connectivity index (χ0n) is 16.4. The average Bonchev–Trinajstić information content (AvgIpc) is 3.17. The summed E-state index contributed by atoms with van der Waals surface area (Å²) in [6.45, 7) is 5.01. The maximum absolute atomic E-state index is 5.48. The van der Waals surface area contributed by atoms with E-state index in [1.165, 1.54) is 24.3 Å². The Hall–Kier alpha value is -1.15. The van der Waals surface area contributed by atoms with Crippen molar-refractivity contribution in [2.75, 3.05) is 60.7 Å². The Morgan fingerprint density at radius 3 is 2.96 bits per heavy atom. The van der Waals surface area contributed by atoms with Crippen LogP contribution in [0.3, 0.4) is 0 Å². The van der Waals surface area contributed by atoms with E-state index in [1.807, 2.05) is 18.4 Å². The second-order valence-electron chi connectivity index (χ2n) is 6.68. The van der Waals surface area contributed by atoms with Gasteiger partial charge in [0.2, 0.25) is 0 Å². The molecule has 1 aromatic heterocycles. The maximum Gasteiger partial charge on any atom is 0.190 e. The van der Waals surface area contributed by atoms with Crippen LogP contribution in [0.25, 0.3) is 0 Å². The van der Waals surface area contributed by atoms with Crippen molar-refractivity contribution in [3.05, 3.63) is 22.4 Å². The number of nitrogens with one attached hydrogen (secondary N) is 2. The van der Waals surface area contributed by atoms with E-state index in [1.54, 1.807) is 7.11 Å². The lowest BCUT2D eigenvalue weighted by molar-refractivity contribution is 0.0698. The lowest BCUT2D eigenvalue weighted by Crippen LogP contribution is -2.45. The maximum atomic E-state index is 5.48. The molecule has 0 radical (unpaired) electrons. The number of ether oxygens (including phenoxy) is 2. The molecule has 26 heavy (non-hydrogen) atoms. The molecule has 7 heteroatoms. The summed E-state index contributed by atoms with van der Waals surface area (Å²) in [5, 5.41) is 9.07. The molecule has 1 aromatic rings.